The Morgan fingerprint density at radius 3 is 2.19 bits per heavy atom. The quantitative estimate of drug-likeness (QED) is 0.460. The molecule has 0 bridgehead atoms. The number of hydrogen-bond donors (Lipinski definition) is 2. The molecule has 32 heavy (non-hydrogen) atoms. The molecular formula is C24H25ClN2O4S. The maximum Gasteiger partial charge on any atom is 0.261 e. The van der Waals surface area contributed by atoms with Crippen LogP contribution in [0.5, 0.6) is 5.75 Å². The van der Waals surface area contributed by atoms with E-state index in [4.69, 9.17) is 16.3 Å². The number of carbonyl (C=O) groups excluding carboxylic acids is 1. The molecule has 8 heteroatoms. The van der Waals surface area contributed by atoms with Gasteiger partial charge in [-0.05, 0) is 81.3 Å². The molecule has 0 atom stereocenters. The third-order valence-corrected chi connectivity index (χ3v) is 6.43. The first-order chi connectivity index (χ1) is 15.1. The van der Waals surface area contributed by atoms with E-state index < -0.39 is 15.9 Å². The second-order valence-corrected chi connectivity index (χ2v) is 9.55. The van der Waals surface area contributed by atoms with Gasteiger partial charge in [-0.1, -0.05) is 29.3 Å². The minimum atomic E-state index is -3.91. The van der Waals surface area contributed by atoms with Gasteiger partial charge in [-0.3, -0.25) is 9.52 Å². The summed E-state index contributed by atoms with van der Waals surface area (Å²) in [6.45, 7) is 7.83. The highest BCUT2D eigenvalue weighted by molar-refractivity contribution is 7.92. The molecule has 0 fully saturated rings. The fourth-order valence-corrected chi connectivity index (χ4v) is 4.74. The number of amides is 1. The van der Waals surface area contributed by atoms with Gasteiger partial charge in [0.15, 0.2) is 0 Å². The summed E-state index contributed by atoms with van der Waals surface area (Å²) in [5.74, 6) is -0.0354. The Morgan fingerprint density at radius 1 is 0.969 bits per heavy atom. The van der Waals surface area contributed by atoms with Crippen molar-refractivity contribution >= 4 is 38.9 Å². The van der Waals surface area contributed by atoms with E-state index in [0.717, 1.165) is 16.7 Å². The largest absolute Gasteiger partial charge is 0.492 e. The summed E-state index contributed by atoms with van der Waals surface area (Å²) < 4.78 is 34.5. The van der Waals surface area contributed by atoms with E-state index in [0.29, 0.717) is 28.6 Å². The van der Waals surface area contributed by atoms with Crippen molar-refractivity contribution in [1.29, 1.82) is 0 Å². The molecule has 0 saturated carbocycles. The Balaban J connectivity index is 1.95. The normalized spacial score (nSPS) is 11.2. The van der Waals surface area contributed by atoms with Crippen LogP contribution >= 0.6 is 11.6 Å². The van der Waals surface area contributed by atoms with E-state index in [1.54, 1.807) is 31.2 Å². The van der Waals surface area contributed by atoms with Crippen LogP contribution in [0.1, 0.15) is 34.0 Å². The van der Waals surface area contributed by atoms with Crippen LogP contribution in [-0.4, -0.2) is 20.9 Å². The van der Waals surface area contributed by atoms with E-state index in [-0.39, 0.29) is 10.6 Å². The van der Waals surface area contributed by atoms with E-state index in [1.807, 2.05) is 32.9 Å². The summed E-state index contributed by atoms with van der Waals surface area (Å²) >= 11 is 5.89. The molecule has 6 nitrogen and oxygen atoms in total. The highest BCUT2D eigenvalue weighted by Gasteiger charge is 2.20. The van der Waals surface area contributed by atoms with Gasteiger partial charge in [0.1, 0.15) is 5.75 Å². The number of rotatable bonds is 7. The maximum absolute atomic E-state index is 13.1. The summed E-state index contributed by atoms with van der Waals surface area (Å²) in [4.78, 5) is 12.7. The van der Waals surface area contributed by atoms with Gasteiger partial charge in [-0.25, -0.2) is 8.42 Å². The van der Waals surface area contributed by atoms with Crippen molar-refractivity contribution in [1.82, 2.24) is 0 Å². The number of nitrogens with one attached hydrogen (secondary N) is 2. The monoisotopic (exact) mass is 472 g/mol. The lowest BCUT2D eigenvalue weighted by Crippen LogP contribution is -2.17. The summed E-state index contributed by atoms with van der Waals surface area (Å²) in [6.07, 6.45) is 0. The minimum Gasteiger partial charge on any atom is -0.492 e. The van der Waals surface area contributed by atoms with Crippen LogP contribution < -0.4 is 14.8 Å². The van der Waals surface area contributed by atoms with E-state index >= 15 is 0 Å². The van der Waals surface area contributed by atoms with Crippen molar-refractivity contribution in [3.63, 3.8) is 0 Å². The maximum atomic E-state index is 13.1. The van der Waals surface area contributed by atoms with Crippen molar-refractivity contribution in [3.8, 4) is 5.75 Å². The molecule has 3 aromatic rings. The van der Waals surface area contributed by atoms with Crippen molar-refractivity contribution < 1.29 is 17.9 Å². The third kappa shape index (κ3) is 5.41. The first-order valence-corrected chi connectivity index (χ1v) is 11.9. The van der Waals surface area contributed by atoms with Gasteiger partial charge >= 0.3 is 0 Å². The van der Waals surface area contributed by atoms with Gasteiger partial charge in [0.2, 0.25) is 0 Å². The van der Waals surface area contributed by atoms with E-state index in [2.05, 4.69) is 10.0 Å². The van der Waals surface area contributed by atoms with Gasteiger partial charge in [-0.15, -0.1) is 0 Å². The molecule has 2 N–H and O–H groups in total. The number of aryl methyl sites for hydroxylation is 3. The van der Waals surface area contributed by atoms with Crippen LogP contribution in [0, 0.1) is 20.8 Å². The van der Waals surface area contributed by atoms with Gasteiger partial charge in [-0.2, -0.15) is 0 Å². The molecule has 168 valence electrons. The highest BCUT2D eigenvalue weighted by atomic mass is 35.5. The zero-order chi connectivity index (χ0) is 23.5. The smallest absolute Gasteiger partial charge is 0.261 e. The van der Waals surface area contributed by atoms with Gasteiger partial charge in [0.05, 0.1) is 22.9 Å². The van der Waals surface area contributed by atoms with Crippen molar-refractivity contribution in [2.24, 2.45) is 0 Å². The summed E-state index contributed by atoms with van der Waals surface area (Å²) in [5, 5.41) is 3.25. The van der Waals surface area contributed by atoms with Crippen LogP contribution in [0.2, 0.25) is 5.02 Å². The molecule has 0 radical (unpaired) electrons. The summed E-state index contributed by atoms with van der Waals surface area (Å²) in [5.41, 5.74) is 3.88. The predicted octanol–water partition coefficient (Wildman–Crippen LogP) is 5.72. The Labute approximate surface area is 193 Å². The zero-order valence-electron chi connectivity index (χ0n) is 18.3. The molecule has 0 aliphatic heterocycles. The number of hydrogen-bond acceptors (Lipinski definition) is 4. The van der Waals surface area contributed by atoms with Gasteiger partial charge in [0, 0.05) is 10.6 Å². The van der Waals surface area contributed by atoms with Crippen molar-refractivity contribution in [3.05, 3.63) is 81.9 Å². The average molecular weight is 473 g/mol. The molecule has 0 spiro atoms. The molecule has 0 aliphatic carbocycles. The minimum absolute atomic E-state index is 0.00624. The third-order valence-electron chi connectivity index (χ3n) is 4.83. The SMILES string of the molecule is CCOc1ccc(S(=O)(=O)Nc2c(C)cc(C)cc2C)cc1NC(=O)c1ccc(Cl)cc1. The van der Waals surface area contributed by atoms with Crippen LogP contribution in [0.15, 0.2) is 59.5 Å². The molecule has 3 aromatic carbocycles. The van der Waals surface area contributed by atoms with Gasteiger partial charge < -0.3 is 10.1 Å². The topological polar surface area (TPSA) is 84.5 Å². The number of benzene rings is 3. The van der Waals surface area contributed by atoms with Crippen LogP contribution in [0.4, 0.5) is 11.4 Å². The first kappa shape index (κ1) is 23.6. The first-order valence-electron chi connectivity index (χ1n) is 10.0. The highest BCUT2D eigenvalue weighted by Crippen LogP contribution is 2.31. The van der Waals surface area contributed by atoms with Crippen molar-refractivity contribution in [2.75, 3.05) is 16.6 Å². The fourth-order valence-electron chi connectivity index (χ4n) is 3.39. The Bertz CT molecular complexity index is 1230. The van der Waals surface area contributed by atoms with E-state index in [1.165, 1.54) is 18.2 Å². The standard InChI is InChI=1S/C24H25ClN2O4S/c1-5-31-22-11-10-20(14-21(22)26-24(28)18-6-8-19(25)9-7-18)32(29,30)27-23-16(3)12-15(2)13-17(23)4/h6-14,27H,5H2,1-4H3,(H,26,28). The number of sulfonamides is 1. The predicted molar refractivity (Wildman–Crippen MR) is 128 cm³/mol. The zero-order valence-corrected chi connectivity index (χ0v) is 19.9. The lowest BCUT2D eigenvalue weighted by Gasteiger charge is -2.16. The molecule has 0 aliphatic rings. The molecule has 0 unspecified atom stereocenters. The van der Waals surface area contributed by atoms with Crippen LogP contribution in [-0.2, 0) is 10.0 Å². The Hall–Kier alpha value is -3.03. The lowest BCUT2D eigenvalue weighted by molar-refractivity contribution is 0.102. The van der Waals surface area contributed by atoms with Crippen LogP contribution in [0.3, 0.4) is 0 Å². The second-order valence-electron chi connectivity index (χ2n) is 7.43. The molecule has 1 amide bonds. The average Bonchev–Trinajstić information content (AvgIpc) is 2.72. The Kier molecular flexibility index (Phi) is 7.11. The second kappa shape index (κ2) is 9.63. The van der Waals surface area contributed by atoms with E-state index in [9.17, 15) is 13.2 Å². The number of ether oxygens (including phenoxy) is 1. The molecule has 0 aromatic heterocycles. The lowest BCUT2D eigenvalue weighted by atomic mass is 10.1. The molecule has 0 saturated heterocycles. The number of halogens is 1. The molecular weight excluding hydrogens is 448 g/mol. The van der Waals surface area contributed by atoms with Gasteiger partial charge in [0.25, 0.3) is 15.9 Å². The molecule has 0 heterocycles. The molecule has 3 rings (SSSR count). The summed E-state index contributed by atoms with van der Waals surface area (Å²) in [7, 11) is -3.91. The Morgan fingerprint density at radius 2 is 1.59 bits per heavy atom. The van der Waals surface area contributed by atoms with Crippen LogP contribution in [0.25, 0.3) is 0 Å². The number of carbonyl (C=O) groups is 1. The van der Waals surface area contributed by atoms with Crippen molar-refractivity contribution in [2.45, 2.75) is 32.6 Å². The summed E-state index contributed by atoms with van der Waals surface area (Å²) in [6, 6.07) is 14.6. The fraction of sp³-hybridized carbons (Fsp3) is 0.208. The number of anilines is 2.